The number of nitrogens with one attached hydrogen (secondary N) is 1. The van der Waals surface area contributed by atoms with Crippen molar-refractivity contribution in [2.75, 3.05) is 19.6 Å². The standard InChI is InChI=1S/C21H25ClN2O2S.ClH/c22-19-7-3-4-8-20(19)27(25,26)21(17-9-12-23-13-10-17)24-14-11-16-5-1-2-6-18(16)15-24;/h1-8,17,21,23H,9-15H2;1H. The van der Waals surface area contributed by atoms with Gasteiger partial charge in [-0.25, -0.2) is 8.42 Å². The van der Waals surface area contributed by atoms with Gasteiger partial charge in [-0.15, -0.1) is 12.4 Å². The minimum Gasteiger partial charge on any atom is -0.317 e. The third kappa shape index (κ3) is 4.24. The summed E-state index contributed by atoms with van der Waals surface area (Å²) in [6, 6.07) is 15.2. The quantitative estimate of drug-likeness (QED) is 0.782. The molecule has 4 nitrogen and oxygen atoms in total. The first-order chi connectivity index (χ1) is 13.1. The molecule has 1 saturated heterocycles. The molecule has 7 heteroatoms. The molecule has 2 aromatic carbocycles. The van der Waals surface area contributed by atoms with Crippen LogP contribution in [0.3, 0.4) is 0 Å². The summed E-state index contributed by atoms with van der Waals surface area (Å²) in [6.45, 7) is 3.16. The summed E-state index contributed by atoms with van der Waals surface area (Å²) < 4.78 is 27.4. The van der Waals surface area contributed by atoms with E-state index >= 15 is 0 Å². The summed E-state index contributed by atoms with van der Waals surface area (Å²) in [6.07, 6.45) is 2.62. The van der Waals surface area contributed by atoms with Gasteiger partial charge in [0, 0.05) is 13.1 Å². The van der Waals surface area contributed by atoms with Crippen LogP contribution >= 0.6 is 24.0 Å². The van der Waals surface area contributed by atoms with E-state index < -0.39 is 15.2 Å². The Morgan fingerprint density at radius 1 is 1.00 bits per heavy atom. The zero-order chi connectivity index (χ0) is 18.9. The number of hydrogen-bond donors (Lipinski definition) is 1. The molecule has 2 aliphatic heterocycles. The molecule has 2 aliphatic rings. The second kappa shape index (κ2) is 9.14. The smallest absolute Gasteiger partial charge is 0.196 e. The maximum absolute atomic E-state index is 13.7. The molecule has 0 amide bonds. The molecule has 1 unspecified atom stereocenters. The molecule has 0 aliphatic carbocycles. The summed E-state index contributed by atoms with van der Waals surface area (Å²) in [7, 11) is -3.57. The average molecular weight is 441 g/mol. The lowest BCUT2D eigenvalue weighted by Crippen LogP contribution is -2.50. The molecule has 2 heterocycles. The van der Waals surface area contributed by atoms with Crippen molar-refractivity contribution in [1.29, 1.82) is 0 Å². The van der Waals surface area contributed by atoms with E-state index in [1.165, 1.54) is 11.1 Å². The van der Waals surface area contributed by atoms with E-state index in [-0.39, 0.29) is 23.2 Å². The Hall–Kier alpha value is -1.11. The Labute approximate surface area is 178 Å². The topological polar surface area (TPSA) is 49.4 Å². The summed E-state index contributed by atoms with van der Waals surface area (Å²) in [4.78, 5) is 2.42. The molecule has 1 atom stereocenters. The third-order valence-electron chi connectivity index (χ3n) is 5.77. The second-order valence-electron chi connectivity index (χ2n) is 7.44. The zero-order valence-corrected chi connectivity index (χ0v) is 18.1. The molecule has 0 radical (unpaired) electrons. The Balaban J connectivity index is 0.00000225. The number of fused-ring (bicyclic) bond motifs is 1. The first kappa shape index (κ1) is 21.6. The van der Waals surface area contributed by atoms with Crippen molar-refractivity contribution in [3.8, 4) is 0 Å². The van der Waals surface area contributed by atoms with Crippen LogP contribution in [0, 0.1) is 5.92 Å². The van der Waals surface area contributed by atoms with Crippen LogP contribution < -0.4 is 5.32 Å². The summed E-state index contributed by atoms with van der Waals surface area (Å²) >= 11 is 6.30. The van der Waals surface area contributed by atoms with Gasteiger partial charge in [-0.05, 0) is 61.5 Å². The van der Waals surface area contributed by atoms with Crippen molar-refractivity contribution in [3.05, 3.63) is 64.7 Å². The highest BCUT2D eigenvalue weighted by Gasteiger charge is 2.41. The second-order valence-corrected chi connectivity index (χ2v) is 9.86. The fraction of sp³-hybridized carbons (Fsp3) is 0.429. The molecular weight excluding hydrogens is 415 g/mol. The minimum atomic E-state index is -3.57. The maximum Gasteiger partial charge on any atom is 0.196 e. The van der Waals surface area contributed by atoms with Crippen molar-refractivity contribution in [2.24, 2.45) is 5.92 Å². The van der Waals surface area contributed by atoms with Gasteiger partial charge in [0.2, 0.25) is 0 Å². The van der Waals surface area contributed by atoms with Gasteiger partial charge in [-0.1, -0.05) is 48.0 Å². The number of halogens is 2. The van der Waals surface area contributed by atoms with Gasteiger partial charge in [0.05, 0.1) is 9.92 Å². The number of rotatable bonds is 4. The molecule has 4 rings (SSSR count). The van der Waals surface area contributed by atoms with Crippen molar-refractivity contribution < 1.29 is 8.42 Å². The molecule has 0 spiro atoms. The molecule has 2 aromatic rings. The molecule has 1 fully saturated rings. The van der Waals surface area contributed by atoms with Gasteiger partial charge in [0.15, 0.2) is 9.84 Å². The van der Waals surface area contributed by atoms with E-state index in [9.17, 15) is 8.42 Å². The van der Waals surface area contributed by atoms with Crippen LogP contribution in [0.15, 0.2) is 53.4 Å². The number of sulfone groups is 1. The third-order valence-corrected chi connectivity index (χ3v) is 8.50. The molecule has 152 valence electrons. The van der Waals surface area contributed by atoms with Crippen molar-refractivity contribution in [2.45, 2.75) is 36.1 Å². The lowest BCUT2D eigenvalue weighted by molar-refractivity contribution is 0.159. The SMILES string of the molecule is Cl.O=S(=O)(c1ccccc1Cl)C(C1CCNCC1)N1CCc2ccccc2C1. The molecule has 28 heavy (non-hydrogen) atoms. The number of hydrogen-bond acceptors (Lipinski definition) is 4. The highest BCUT2D eigenvalue weighted by Crippen LogP contribution is 2.35. The number of benzene rings is 2. The van der Waals surface area contributed by atoms with E-state index in [0.29, 0.717) is 11.6 Å². The Morgan fingerprint density at radius 2 is 1.64 bits per heavy atom. The van der Waals surface area contributed by atoms with Crippen molar-refractivity contribution in [1.82, 2.24) is 10.2 Å². The van der Waals surface area contributed by atoms with Crippen LogP contribution in [-0.4, -0.2) is 38.3 Å². The van der Waals surface area contributed by atoms with Gasteiger partial charge >= 0.3 is 0 Å². The molecule has 0 saturated carbocycles. The van der Waals surface area contributed by atoms with Crippen LogP contribution in [0.25, 0.3) is 0 Å². The van der Waals surface area contributed by atoms with E-state index in [4.69, 9.17) is 11.6 Å². The van der Waals surface area contributed by atoms with Gasteiger partial charge in [0.1, 0.15) is 5.37 Å². The Morgan fingerprint density at radius 3 is 2.36 bits per heavy atom. The van der Waals surface area contributed by atoms with E-state index in [1.54, 1.807) is 24.3 Å². The summed E-state index contributed by atoms with van der Waals surface area (Å²) in [5.74, 6) is 0.109. The van der Waals surface area contributed by atoms with Crippen LogP contribution in [0.4, 0.5) is 0 Å². The molecule has 0 aromatic heterocycles. The van der Waals surface area contributed by atoms with E-state index in [2.05, 4.69) is 28.4 Å². The van der Waals surface area contributed by atoms with Crippen LogP contribution in [-0.2, 0) is 22.8 Å². The van der Waals surface area contributed by atoms with E-state index in [1.807, 2.05) is 6.07 Å². The lowest BCUT2D eigenvalue weighted by Gasteiger charge is -2.40. The van der Waals surface area contributed by atoms with Gasteiger partial charge in [0.25, 0.3) is 0 Å². The Bertz CT molecular complexity index is 914. The highest BCUT2D eigenvalue weighted by molar-refractivity contribution is 7.92. The first-order valence-corrected chi connectivity index (χ1v) is 11.5. The van der Waals surface area contributed by atoms with Gasteiger partial charge in [-0.2, -0.15) is 0 Å². The fourth-order valence-corrected chi connectivity index (χ4v) is 7.10. The van der Waals surface area contributed by atoms with Crippen LogP contribution in [0.1, 0.15) is 24.0 Å². The van der Waals surface area contributed by atoms with Gasteiger partial charge < -0.3 is 5.32 Å². The Kier molecular flexibility index (Phi) is 7.05. The van der Waals surface area contributed by atoms with Gasteiger partial charge in [-0.3, -0.25) is 4.90 Å². The minimum absolute atomic E-state index is 0. The van der Waals surface area contributed by atoms with E-state index in [0.717, 1.165) is 38.9 Å². The number of nitrogens with zero attached hydrogens (tertiary/aromatic N) is 1. The average Bonchev–Trinajstić information content (AvgIpc) is 2.69. The fourth-order valence-electron chi connectivity index (χ4n) is 4.42. The van der Waals surface area contributed by atoms with Crippen LogP contribution in [0.2, 0.25) is 5.02 Å². The zero-order valence-electron chi connectivity index (χ0n) is 15.7. The largest absolute Gasteiger partial charge is 0.317 e. The lowest BCUT2D eigenvalue weighted by atomic mass is 9.94. The predicted octanol–water partition coefficient (Wildman–Crippen LogP) is 3.92. The maximum atomic E-state index is 13.7. The summed E-state index contributed by atoms with van der Waals surface area (Å²) in [5.41, 5.74) is 2.56. The normalized spacial score (nSPS) is 19.5. The molecular formula is C21H26Cl2N2O2S. The first-order valence-electron chi connectivity index (χ1n) is 9.57. The van der Waals surface area contributed by atoms with Crippen molar-refractivity contribution in [3.63, 3.8) is 0 Å². The predicted molar refractivity (Wildman–Crippen MR) is 116 cm³/mol. The highest BCUT2D eigenvalue weighted by atomic mass is 35.5. The monoisotopic (exact) mass is 440 g/mol. The van der Waals surface area contributed by atoms with Crippen LogP contribution in [0.5, 0.6) is 0 Å². The summed E-state index contributed by atoms with van der Waals surface area (Å²) in [5, 5.41) is 3.13. The molecule has 1 N–H and O–H groups in total. The van der Waals surface area contributed by atoms with Crippen molar-refractivity contribution >= 4 is 33.8 Å². The number of piperidine rings is 1. The molecule has 0 bridgehead atoms.